The van der Waals surface area contributed by atoms with E-state index in [0.717, 1.165) is 16.9 Å². The predicted molar refractivity (Wildman–Crippen MR) is 79.2 cm³/mol. The van der Waals surface area contributed by atoms with E-state index in [1.807, 2.05) is 24.3 Å². The van der Waals surface area contributed by atoms with Crippen LogP contribution in [-0.2, 0) is 4.79 Å². The van der Waals surface area contributed by atoms with Crippen molar-refractivity contribution in [2.75, 3.05) is 5.32 Å². The number of benzene rings is 2. The van der Waals surface area contributed by atoms with Gasteiger partial charge in [-0.15, -0.1) is 0 Å². The lowest BCUT2D eigenvalue weighted by molar-refractivity contribution is -0.114. The van der Waals surface area contributed by atoms with Crippen LogP contribution >= 0.6 is 0 Å². The summed E-state index contributed by atoms with van der Waals surface area (Å²) in [6, 6.07) is 16.5. The van der Waals surface area contributed by atoms with Crippen LogP contribution in [0.3, 0.4) is 0 Å². The second-order valence-corrected chi connectivity index (χ2v) is 4.22. The van der Waals surface area contributed by atoms with Crippen LogP contribution in [0.4, 0.5) is 11.4 Å². The Balaban J connectivity index is 2.07. The maximum atomic E-state index is 10.9. The SMILES string of the molecule is CC(=O)Nc1ccc(N=Cc2ccc(C#N)cc2)cc1. The quantitative estimate of drug-likeness (QED) is 0.864. The van der Waals surface area contributed by atoms with Crippen molar-refractivity contribution >= 4 is 23.5 Å². The van der Waals surface area contributed by atoms with Crippen molar-refractivity contribution in [1.29, 1.82) is 5.26 Å². The number of amides is 1. The van der Waals surface area contributed by atoms with E-state index in [-0.39, 0.29) is 5.91 Å². The van der Waals surface area contributed by atoms with Crippen LogP contribution in [0, 0.1) is 11.3 Å². The molecule has 0 saturated carbocycles. The highest BCUT2D eigenvalue weighted by Gasteiger charge is 1.95. The van der Waals surface area contributed by atoms with Crippen LogP contribution in [0.2, 0.25) is 0 Å². The van der Waals surface area contributed by atoms with Gasteiger partial charge in [0.25, 0.3) is 0 Å². The Bertz CT molecular complexity index is 664. The predicted octanol–water partition coefficient (Wildman–Crippen LogP) is 3.27. The number of hydrogen-bond acceptors (Lipinski definition) is 3. The largest absolute Gasteiger partial charge is 0.326 e. The Morgan fingerprint density at radius 3 is 2.35 bits per heavy atom. The number of nitrogens with zero attached hydrogens (tertiary/aromatic N) is 2. The smallest absolute Gasteiger partial charge is 0.221 e. The molecule has 0 unspecified atom stereocenters. The maximum absolute atomic E-state index is 10.9. The third kappa shape index (κ3) is 3.79. The molecule has 98 valence electrons. The maximum Gasteiger partial charge on any atom is 0.221 e. The van der Waals surface area contributed by atoms with Gasteiger partial charge in [-0.05, 0) is 42.0 Å². The van der Waals surface area contributed by atoms with E-state index in [1.54, 1.807) is 30.5 Å². The highest BCUT2D eigenvalue weighted by atomic mass is 16.1. The van der Waals surface area contributed by atoms with E-state index in [4.69, 9.17) is 5.26 Å². The molecular weight excluding hydrogens is 250 g/mol. The highest BCUT2D eigenvalue weighted by Crippen LogP contribution is 2.16. The molecule has 20 heavy (non-hydrogen) atoms. The molecule has 4 heteroatoms. The molecule has 1 amide bonds. The van der Waals surface area contributed by atoms with E-state index in [9.17, 15) is 4.79 Å². The van der Waals surface area contributed by atoms with Gasteiger partial charge in [0.15, 0.2) is 0 Å². The Morgan fingerprint density at radius 1 is 1.15 bits per heavy atom. The fourth-order valence-electron chi connectivity index (χ4n) is 1.63. The number of anilines is 1. The van der Waals surface area contributed by atoms with Crippen LogP contribution in [0.15, 0.2) is 53.5 Å². The highest BCUT2D eigenvalue weighted by molar-refractivity contribution is 5.89. The molecule has 0 spiro atoms. The minimum absolute atomic E-state index is 0.0983. The molecule has 2 aromatic rings. The number of rotatable bonds is 3. The minimum Gasteiger partial charge on any atom is -0.326 e. The van der Waals surface area contributed by atoms with E-state index in [2.05, 4.69) is 16.4 Å². The van der Waals surface area contributed by atoms with Crippen molar-refractivity contribution in [3.05, 3.63) is 59.7 Å². The molecule has 2 aromatic carbocycles. The summed E-state index contributed by atoms with van der Waals surface area (Å²) in [6.07, 6.45) is 1.73. The molecule has 0 fully saturated rings. The molecule has 2 rings (SSSR count). The number of aliphatic imine (C=N–C) groups is 1. The van der Waals surface area contributed by atoms with E-state index in [1.165, 1.54) is 6.92 Å². The normalized spacial score (nSPS) is 10.2. The number of carbonyl (C=O) groups excluding carboxylic acids is 1. The van der Waals surface area contributed by atoms with Gasteiger partial charge in [0.05, 0.1) is 17.3 Å². The lowest BCUT2D eigenvalue weighted by Crippen LogP contribution is -2.04. The zero-order valence-electron chi connectivity index (χ0n) is 11.0. The number of hydrogen-bond donors (Lipinski definition) is 1. The summed E-state index contributed by atoms with van der Waals surface area (Å²) in [5.74, 6) is -0.0983. The van der Waals surface area contributed by atoms with Gasteiger partial charge in [0, 0.05) is 18.8 Å². The molecule has 0 radical (unpaired) electrons. The van der Waals surface area contributed by atoms with Gasteiger partial charge in [-0.1, -0.05) is 12.1 Å². The summed E-state index contributed by atoms with van der Waals surface area (Å²) in [6.45, 7) is 1.47. The molecular formula is C16H13N3O. The van der Waals surface area contributed by atoms with Gasteiger partial charge < -0.3 is 5.32 Å². The summed E-state index contributed by atoms with van der Waals surface area (Å²) in [5.41, 5.74) is 3.09. The van der Waals surface area contributed by atoms with Gasteiger partial charge in [0.1, 0.15) is 0 Å². The zero-order valence-corrected chi connectivity index (χ0v) is 11.0. The van der Waals surface area contributed by atoms with Crippen LogP contribution in [0.1, 0.15) is 18.1 Å². The van der Waals surface area contributed by atoms with E-state index in [0.29, 0.717) is 5.56 Å². The zero-order chi connectivity index (χ0) is 14.4. The summed E-state index contributed by atoms with van der Waals surface area (Å²) < 4.78 is 0. The van der Waals surface area contributed by atoms with Crippen molar-refractivity contribution < 1.29 is 4.79 Å². The summed E-state index contributed by atoms with van der Waals surface area (Å²) in [7, 11) is 0. The lowest BCUT2D eigenvalue weighted by atomic mass is 10.2. The van der Waals surface area contributed by atoms with Gasteiger partial charge in [-0.2, -0.15) is 5.26 Å². The first-order valence-corrected chi connectivity index (χ1v) is 6.09. The standard InChI is InChI=1S/C16H13N3O/c1-12(20)19-16-8-6-15(7-9-16)18-11-14-4-2-13(10-17)3-5-14/h2-9,11H,1H3,(H,19,20). The molecule has 0 aliphatic carbocycles. The molecule has 0 atom stereocenters. The molecule has 0 aromatic heterocycles. The second-order valence-electron chi connectivity index (χ2n) is 4.22. The van der Waals surface area contributed by atoms with Crippen LogP contribution < -0.4 is 5.32 Å². The fourth-order valence-corrected chi connectivity index (χ4v) is 1.63. The number of carbonyl (C=O) groups is 1. The average molecular weight is 263 g/mol. The van der Waals surface area contributed by atoms with Crippen molar-refractivity contribution in [2.45, 2.75) is 6.92 Å². The van der Waals surface area contributed by atoms with E-state index < -0.39 is 0 Å². The van der Waals surface area contributed by atoms with Gasteiger partial charge in [-0.25, -0.2) is 0 Å². The Hall–Kier alpha value is -2.93. The molecule has 1 N–H and O–H groups in total. The monoisotopic (exact) mass is 263 g/mol. The van der Waals surface area contributed by atoms with Crippen LogP contribution in [-0.4, -0.2) is 12.1 Å². The molecule has 4 nitrogen and oxygen atoms in total. The van der Waals surface area contributed by atoms with Gasteiger partial charge >= 0.3 is 0 Å². The van der Waals surface area contributed by atoms with Crippen molar-refractivity contribution in [2.24, 2.45) is 4.99 Å². The first-order chi connectivity index (χ1) is 9.67. The fraction of sp³-hybridized carbons (Fsp3) is 0.0625. The van der Waals surface area contributed by atoms with Crippen molar-refractivity contribution in [3.63, 3.8) is 0 Å². The average Bonchev–Trinajstić information content (AvgIpc) is 2.46. The lowest BCUT2D eigenvalue weighted by Gasteiger charge is -2.01. The van der Waals surface area contributed by atoms with Crippen LogP contribution in [0.5, 0.6) is 0 Å². The molecule has 0 bridgehead atoms. The second kappa shape index (κ2) is 6.30. The number of nitriles is 1. The Morgan fingerprint density at radius 2 is 1.80 bits per heavy atom. The molecule has 0 saturated heterocycles. The molecule has 0 heterocycles. The summed E-state index contributed by atoms with van der Waals surface area (Å²) >= 11 is 0. The summed E-state index contributed by atoms with van der Waals surface area (Å²) in [4.78, 5) is 15.2. The van der Waals surface area contributed by atoms with Crippen molar-refractivity contribution in [3.8, 4) is 6.07 Å². The Labute approximate surface area is 117 Å². The van der Waals surface area contributed by atoms with E-state index >= 15 is 0 Å². The van der Waals surface area contributed by atoms with Crippen molar-refractivity contribution in [1.82, 2.24) is 0 Å². The van der Waals surface area contributed by atoms with Gasteiger partial charge in [-0.3, -0.25) is 9.79 Å². The topological polar surface area (TPSA) is 65.2 Å². The van der Waals surface area contributed by atoms with Gasteiger partial charge in [0.2, 0.25) is 5.91 Å². The molecule has 0 aliphatic heterocycles. The first kappa shape index (κ1) is 13.5. The minimum atomic E-state index is -0.0983. The first-order valence-electron chi connectivity index (χ1n) is 6.09. The third-order valence-corrected chi connectivity index (χ3v) is 2.59. The third-order valence-electron chi connectivity index (χ3n) is 2.59. The Kier molecular flexibility index (Phi) is 4.25. The molecule has 0 aliphatic rings. The van der Waals surface area contributed by atoms with Crippen LogP contribution in [0.25, 0.3) is 0 Å². The number of nitrogens with one attached hydrogen (secondary N) is 1. The summed E-state index contributed by atoms with van der Waals surface area (Å²) in [5, 5.41) is 11.4.